The second kappa shape index (κ2) is 5.63. The summed E-state index contributed by atoms with van der Waals surface area (Å²) in [5, 5.41) is 2.11. The summed E-state index contributed by atoms with van der Waals surface area (Å²) in [5.74, 6) is 0. The Balaban J connectivity index is 2.74. The minimum Gasteiger partial charge on any atom is -0.329 e. The topological polar surface area (TPSA) is 29.3 Å². The van der Waals surface area contributed by atoms with Gasteiger partial charge in [-0.25, -0.2) is 0 Å². The van der Waals surface area contributed by atoms with Gasteiger partial charge in [-0.2, -0.15) is 0 Å². The van der Waals surface area contributed by atoms with Crippen molar-refractivity contribution in [3.8, 4) is 0 Å². The zero-order valence-corrected chi connectivity index (χ0v) is 12.9. The van der Waals surface area contributed by atoms with E-state index >= 15 is 0 Å². The lowest BCUT2D eigenvalue weighted by atomic mass is 9.95. The Kier molecular flexibility index (Phi) is 4.98. The molecule has 2 nitrogen and oxygen atoms in total. The smallest absolute Gasteiger partial charge is 0.0562 e. The van der Waals surface area contributed by atoms with Crippen LogP contribution < -0.4 is 5.73 Å². The predicted molar refractivity (Wildman–Crippen MR) is 75.9 cm³/mol. The van der Waals surface area contributed by atoms with Crippen LogP contribution in [0, 0.1) is 5.41 Å². The third-order valence-electron chi connectivity index (χ3n) is 2.40. The van der Waals surface area contributed by atoms with Gasteiger partial charge < -0.3 is 5.73 Å². The molecule has 0 aromatic carbocycles. The maximum Gasteiger partial charge on any atom is 0.0562 e. The molecule has 0 fully saturated rings. The molecule has 0 saturated carbocycles. The Morgan fingerprint density at radius 3 is 2.50 bits per heavy atom. The van der Waals surface area contributed by atoms with Crippen LogP contribution in [0.5, 0.6) is 0 Å². The van der Waals surface area contributed by atoms with Gasteiger partial charge >= 0.3 is 0 Å². The average molecular weight is 305 g/mol. The summed E-state index contributed by atoms with van der Waals surface area (Å²) < 4.78 is 1.15. The molecule has 0 saturated heterocycles. The van der Waals surface area contributed by atoms with E-state index in [9.17, 15) is 0 Å². The van der Waals surface area contributed by atoms with E-state index in [1.54, 1.807) is 11.3 Å². The first-order valence-corrected chi connectivity index (χ1v) is 7.15. The van der Waals surface area contributed by atoms with Crippen LogP contribution in [0.4, 0.5) is 0 Å². The van der Waals surface area contributed by atoms with Gasteiger partial charge in [0.1, 0.15) is 0 Å². The quantitative estimate of drug-likeness (QED) is 0.922. The molecule has 1 aromatic rings. The van der Waals surface area contributed by atoms with Crippen molar-refractivity contribution in [1.82, 2.24) is 4.90 Å². The molecule has 2 N–H and O–H groups in total. The summed E-state index contributed by atoms with van der Waals surface area (Å²) in [5.41, 5.74) is 6.19. The lowest BCUT2D eigenvalue weighted by Crippen LogP contribution is -2.36. The van der Waals surface area contributed by atoms with E-state index in [1.807, 2.05) is 0 Å². The van der Waals surface area contributed by atoms with Crippen molar-refractivity contribution >= 4 is 27.3 Å². The Labute approximate surface area is 111 Å². The second-order valence-corrected chi connectivity index (χ2v) is 7.25. The molecule has 16 heavy (non-hydrogen) atoms. The van der Waals surface area contributed by atoms with Crippen LogP contribution in [0.1, 0.15) is 31.7 Å². The van der Waals surface area contributed by atoms with Crippen LogP contribution >= 0.6 is 27.3 Å². The van der Waals surface area contributed by atoms with E-state index in [4.69, 9.17) is 5.73 Å². The van der Waals surface area contributed by atoms with Crippen molar-refractivity contribution in [2.75, 3.05) is 20.1 Å². The average Bonchev–Trinajstić information content (AvgIpc) is 2.49. The van der Waals surface area contributed by atoms with E-state index < -0.39 is 0 Å². The predicted octanol–water partition coefficient (Wildman–Crippen LogP) is 3.49. The first-order chi connectivity index (χ1) is 7.33. The largest absolute Gasteiger partial charge is 0.329 e. The van der Waals surface area contributed by atoms with Gasteiger partial charge in [-0.05, 0) is 34.5 Å². The van der Waals surface area contributed by atoms with Gasteiger partial charge in [0.15, 0.2) is 0 Å². The molecule has 0 bridgehead atoms. The molecular weight excluding hydrogens is 284 g/mol. The first kappa shape index (κ1) is 14.2. The number of likely N-dealkylation sites (N-methyl/N-ethyl adjacent to an activating group) is 1. The third-order valence-corrected chi connectivity index (χ3v) is 4.19. The molecule has 0 aliphatic heterocycles. The fraction of sp³-hybridized carbons (Fsp3) is 0.667. The standard InChI is InChI=1S/C12H21BrN2S/c1-12(2,3)8-15(4)10(6-14)11-5-9(13)7-16-11/h5,7,10H,6,8,14H2,1-4H3. The summed E-state index contributed by atoms with van der Waals surface area (Å²) in [6.07, 6.45) is 0. The van der Waals surface area contributed by atoms with Gasteiger partial charge in [-0.1, -0.05) is 20.8 Å². The normalized spacial score (nSPS) is 14.4. The number of halogens is 1. The van der Waals surface area contributed by atoms with Crippen molar-refractivity contribution < 1.29 is 0 Å². The molecule has 92 valence electrons. The molecule has 1 heterocycles. The lowest BCUT2D eigenvalue weighted by Gasteiger charge is -2.32. The number of hydrogen-bond acceptors (Lipinski definition) is 3. The number of nitrogens with two attached hydrogens (primary N) is 1. The highest BCUT2D eigenvalue weighted by molar-refractivity contribution is 9.10. The Bertz CT molecular complexity index is 330. The molecule has 0 aliphatic carbocycles. The van der Waals surface area contributed by atoms with Crippen LogP contribution in [-0.2, 0) is 0 Å². The Morgan fingerprint density at radius 2 is 2.12 bits per heavy atom. The number of thiophene rings is 1. The van der Waals surface area contributed by atoms with Gasteiger partial charge in [0, 0.05) is 27.8 Å². The zero-order valence-electron chi connectivity index (χ0n) is 10.5. The molecule has 1 rings (SSSR count). The van der Waals surface area contributed by atoms with E-state index in [-0.39, 0.29) is 0 Å². The molecule has 0 radical (unpaired) electrons. The SMILES string of the molecule is CN(CC(C)(C)C)C(CN)c1cc(Br)cs1. The zero-order chi connectivity index (χ0) is 12.3. The van der Waals surface area contributed by atoms with E-state index in [2.05, 4.69) is 60.1 Å². The summed E-state index contributed by atoms with van der Waals surface area (Å²) in [4.78, 5) is 3.68. The highest BCUT2D eigenvalue weighted by atomic mass is 79.9. The van der Waals surface area contributed by atoms with Crippen LogP contribution in [0.3, 0.4) is 0 Å². The van der Waals surface area contributed by atoms with Crippen LogP contribution in [0.2, 0.25) is 0 Å². The van der Waals surface area contributed by atoms with Crippen molar-refractivity contribution in [3.63, 3.8) is 0 Å². The summed E-state index contributed by atoms with van der Waals surface area (Å²) in [7, 11) is 2.15. The van der Waals surface area contributed by atoms with Crippen LogP contribution in [0.15, 0.2) is 15.9 Å². The van der Waals surface area contributed by atoms with Gasteiger partial charge in [-0.3, -0.25) is 4.90 Å². The fourth-order valence-corrected chi connectivity index (χ4v) is 3.50. The molecule has 4 heteroatoms. The van der Waals surface area contributed by atoms with Gasteiger partial charge in [0.25, 0.3) is 0 Å². The molecule has 1 unspecified atom stereocenters. The summed E-state index contributed by atoms with van der Waals surface area (Å²) >= 11 is 5.26. The second-order valence-electron chi connectivity index (χ2n) is 5.39. The molecular formula is C12H21BrN2S. The fourth-order valence-electron chi connectivity index (χ4n) is 1.87. The van der Waals surface area contributed by atoms with Gasteiger partial charge in [0.05, 0.1) is 6.04 Å². The van der Waals surface area contributed by atoms with Crippen molar-refractivity contribution in [1.29, 1.82) is 0 Å². The third kappa shape index (κ3) is 4.17. The van der Waals surface area contributed by atoms with Crippen molar-refractivity contribution in [2.45, 2.75) is 26.8 Å². The van der Waals surface area contributed by atoms with Gasteiger partial charge in [0.2, 0.25) is 0 Å². The van der Waals surface area contributed by atoms with Crippen LogP contribution in [-0.4, -0.2) is 25.0 Å². The van der Waals surface area contributed by atoms with Crippen molar-refractivity contribution in [3.05, 3.63) is 20.8 Å². The van der Waals surface area contributed by atoms with E-state index in [0.29, 0.717) is 18.0 Å². The first-order valence-electron chi connectivity index (χ1n) is 5.48. The van der Waals surface area contributed by atoms with Gasteiger partial charge in [-0.15, -0.1) is 11.3 Å². The minimum atomic E-state index is 0.302. The van der Waals surface area contributed by atoms with E-state index in [0.717, 1.165) is 11.0 Å². The highest BCUT2D eigenvalue weighted by Gasteiger charge is 2.21. The molecule has 1 aromatic heterocycles. The Morgan fingerprint density at radius 1 is 1.50 bits per heavy atom. The number of hydrogen-bond donors (Lipinski definition) is 1. The number of nitrogens with zero attached hydrogens (tertiary/aromatic N) is 1. The summed E-state index contributed by atoms with van der Waals surface area (Å²) in [6, 6.07) is 2.50. The Hall–Kier alpha value is 0.1000. The highest BCUT2D eigenvalue weighted by Crippen LogP contribution is 2.29. The molecule has 0 aliphatic rings. The molecule has 1 atom stereocenters. The maximum atomic E-state index is 5.88. The lowest BCUT2D eigenvalue weighted by molar-refractivity contribution is 0.178. The van der Waals surface area contributed by atoms with Crippen molar-refractivity contribution in [2.24, 2.45) is 11.1 Å². The monoisotopic (exact) mass is 304 g/mol. The minimum absolute atomic E-state index is 0.302. The maximum absolute atomic E-state index is 5.88. The number of rotatable bonds is 4. The van der Waals surface area contributed by atoms with E-state index in [1.165, 1.54) is 4.88 Å². The summed E-state index contributed by atoms with van der Waals surface area (Å²) in [6.45, 7) is 8.47. The molecule has 0 amide bonds. The van der Waals surface area contributed by atoms with Crippen LogP contribution in [0.25, 0.3) is 0 Å². The molecule has 0 spiro atoms.